The Morgan fingerprint density at radius 2 is 1.75 bits per heavy atom. The quantitative estimate of drug-likeness (QED) is 0.417. The van der Waals surface area contributed by atoms with Gasteiger partial charge >= 0.3 is 11.9 Å². The van der Waals surface area contributed by atoms with Crippen LogP contribution in [0.2, 0.25) is 0 Å². The molecule has 5 heteroatoms. The lowest BCUT2D eigenvalue weighted by molar-refractivity contribution is -0.129. The Balaban J connectivity index is 1.90. The second-order valence-corrected chi connectivity index (χ2v) is 5.03. The van der Waals surface area contributed by atoms with E-state index >= 15 is 0 Å². The highest BCUT2D eigenvalue weighted by atomic mass is 16.5. The van der Waals surface area contributed by atoms with Crippen LogP contribution in [0.4, 0.5) is 0 Å². The molecule has 0 spiro atoms. The fourth-order valence-electron chi connectivity index (χ4n) is 2.37. The lowest BCUT2D eigenvalue weighted by Crippen LogP contribution is -2.10. The van der Waals surface area contributed by atoms with E-state index in [1.807, 2.05) is 0 Å². The van der Waals surface area contributed by atoms with E-state index in [2.05, 4.69) is 13.2 Å². The molecule has 0 unspecified atom stereocenters. The summed E-state index contributed by atoms with van der Waals surface area (Å²) in [7, 11) is 0. The smallest absolute Gasteiger partial charge is 0.335 e. The molecule has 3 rings (SSSR count). The maximum Gasteiger partial charge on any atom is 0.335 e. The van der Waals surface area contributed by atoms with Gasteiger partial charge in [0.1, 0.15) is 23.0 Å². The number of benzene rings is 2. The Morgan fingerprint density at radius 3 is 2.50 bits per heavy atom. The minimum Gasteiger partial charge on any atom is -0.456 e. The van der Waals surface area contributed by atoms with Gasteiger partial charge < -0.3 is 14.2 Å². The summed E-state index contributed by atoms with van der Waals surface area (Å²) >= 11 is 0. The predicted molar refractivity (Wildman–Crippen MR) is 87.4 cm³/mol. The molecule has 1 heterocycles. The van der Waals surface area contributed by atoms with Crippen molar-refractivity contribution in [2.24, 2.45) is 0 Å². The van der Waals surface area contributed by atoms with E-state index in [0.29, 0.717) is 29.4 Å². The Morgan fingerprint density at radius 1 is 1.00 bits per heavy atom. The topological polar surface area (TPSA) is 61.8 Å². The molecule has 2 aromatic carbocycles. The zero-order chi connectivity index (χ0) is 17.1. The van der Waals surface area contributed by atoms with E-state index < -0.39 is 11.9 Å². The van der Waals surface area contributed by atoms with Crippen molar-refractivity contribution in [1.29, 1.82) is 0 Å². The zero-order valence-corrected chi connectivity index (χ0v) is 12.8. The number of fused-ring (bicyclic) bond motifs is 2. The maximum absolute atomic E-state index is 11.5. The molecule has 0 N–H and O–H groups in total. The predicted octanol–water partition coefficient (Wildman–Crippen LogP) is 3.57. The molecular weight excluding hydrogens is 308 g/mol. The fourth-order valence-corrected chi connectivity index (χ4v) is 2.37. The number of carbonyl (C=O) groups excluding carboxylic acids is 2. The summed E-state index contributed by atoms with van der Waals surface area (Å²) in [5.41, 5.74) is 1.67. The summed E-state index contributed by atoms with van der Waals surface area (Å²) in [6.07, 6.45) is 2.73. The summed E-state index contributed by atoms with van der Waals surface area (Å²) in [4.78, 5) is 22.7. The Hall–Kier alpha value is -3.34. The van der Waals surface area contributed by atoms with Crippen LogP contribution in [-0.2, 0) is 16.0 Å². The normalized spacial score (nSPS) is 11.3. The van der Waals surface area contributed by atoms with Crippen LogP contribution >= 0.6 is 0 Å². The highest BCUT2D eigenvalue weighted by Crippen LogP contribution is 2.42. The second-order valence-electron chi connectivity index (χ2n) is 5.03. The van der Waals surface area contributed by atoms with E-state index in [4.69, 9.17) is 14.2 Å². The Labute approximate surface area is 138 Å². The van der Waals surface area contributed by atoms with Crippen LogP contribution < -0.4 is 14.2 Å². The molecule has 0 aromatic heterocycles. The highest BCUT2D eigenvalue weighted by Gasteiger charge is 2.22. The van der Waals surface area contributed by atoms with Gasteiger partial charge in [0.05, 0.1) is 0 Å². The average molecular weight is 322 g/mol. The van der Waals surface area contributed by atoms with Gasteiger partial charge in [-0.25, -0.2) is 9.59 Å². The Kier molecular flexibility index (Phi) is 4.16. The van der Waals surface area contributed by atoms with Crippen molar-refractivity contribution in [2.45, 2.75) is 6.42 Å². The van der Waals surface area contributed by atoms with Gasteiger partial charge in [-0.2, -0.15) is 0 Å². The highest BCUT2D eigenvalue weighted by molar-refractivity contribution is 5.84. The first-order valence-corrected chi connectivity index (χ1v) is 7.22. The summed E-state index contributed by atoms with van der Waals surface area (Å²) in [5, 5.41) is 0. The van der Waals surface area contributed by atoms with Gasteiger partial charge in [-0.3, -0.25) is 0 Å². The van der Waals surface area contributed by atoms with Crippen molar-refractivity contribution in [2.75, 3.05) is 0 Å². The molecule has 0 saturated heterocycles. The molecule has 0 bridgehead atoms. The van der Waals surface area contributed by atoms with Gasteiger partial charge in [0, 0.05) is 30.2 Å². The van der Waals surface area contributed by atoms with Gasteiger partial charge in [-0.15, -0.1) is 0 Å². The fraction of sp³-hybridized carbons (Fsp3) is 0.0526. The molecule has 5 nitrogen and oxygen atoms in total. The van der Waals surface area contributed by atoms with Crippen LogP contribution in [0.1, 0.15) is 11.1 Å². The first-order valence-electron chi connectivity index (χ1n) is 7.22. The van der Waals surface area contributed by atoms with Crippen molar-refractivity contribution in [3.8, 4) is 23.0 Å². The third-order valence-corrected chi connectivity index (χ3v) is 3.48. The molecule has 1 aliphatic heterocycles. The minimum absolute atomic E-state index is 0.372. The van der Waals surface area contributed by atoms with Crippen molar-refractivity contribution in [3.63, 3.8) is 0 Å². The van der Waals surface area contributed by atoms with Crippen molar-refractivity contribution in [3.05, 3.63) is 72.8 Å². The van der Waals surface area contributed by atoms with Gasteiger partial charge in [-0.1, -0.05) is 25.3 Å². The minimum atomic E-state index is -0.537. The van der Waals surface area contributed by atoms with E-state index in [1.54, 1.807) is 36.4 Å². The van der Waals surface area contributed by atoms with Gasteiger partial charge in [-0.05, 0) is 23.8 Å². The maximum atomic E-state index is 11.5. The number of esters is 2. The van der Waals surface area contributed by atoms with Crippen molar-refractivity contribution in [1.82, 2.24) is 0 Å². The first kappa shape index (κ1) is 15.6. The number of hydrogen-bond acceptors (Lipinski definition) is 5. The van der Waals surface area contributed by atoms with Crippen molar-refractivity contribution >= 4 is 11.9 Å². The first-order chi connectivity index (χ1) is 11.6. The molecule has 1 aliphatic rings. The Bertz CT molecular complexity index is 851. The summed E-state index contributed by atoms with van der Waals surface area (Å²) < 4.78 is 16.2. The van der Waals surface area contributed by atoms with Crippen LogP contribution in [-0.4, -0.2) is 11.9 Å². The van der Waals surface area contributed by atoms with E-state index in [9.17, 15) is 9.59 Å². The summed E-state index contributed by atoms with van der Waals surface area (Å²) in [6, 6.07) is 10.3. The van der Waals surface area contributed by atoms with Crippen LogP contribution in [0.15, 0.2) is 61.7 Å². The lowest BCUT2D eigenvalue weighted by atomic mass is 9.99. The monoisotopic (exact) mass is 322 g/mol. The molecule has 2 aromatic rings. The molecule has 24 heavy (non-hydrogen) atoms. The molecule has 0 amide bonds. The summed E-state index contributed by atoms with van der Waals surface area (Å²) in [6.45, 7) is 6.75. The van der Waals surface area contributed by atoms with Gasteiger partial charge in [0.15, 0.2) is 0 Å². The van der Waals surface area contributed by atoms with E-state index in [0.717, 1.165) is 23.3 Å². The molecule has 0 aliphatic carbocycles. The SMILES string of the molecule is C=CC(=O)Oc1ccc2c(c1)Oc1cccc(OC(=O)C=C)c1C2. The molecule has 0 atom stereocenters. The van der Waals surface area contributed by atoms with Crippen LogP contribution in [0.3, 0.4) is 0 Å². The van der Waals surface area contributed by atoms with Crippen LogP contribution in [0.25, 0.3) is 0 Å². The van der Waals surface area contributed by atoms with E-state index in [1.165, 1.54) is 0 Å². The van der Waals surface area contributed by atoms with Crippen molar-refractivity contribution < 1.29 is 23.8 Å². The molecule has 120 valence electrons. The number of rotatable bonds is 4. The average Bonchev–Trinajstić information content (AvgIpc) is 2.60. The van der Waals surface area contributed by atoms with E-state index in [-0.39, 0.29) is 0 Å². The number of hydrogen-bond donors (Lipinski definition) is 0. The van der Waals surface area contributed by atoms with Crippen LogP contribution in [0.5, 0.6) is 23.0 Å². The van der Waals surface area contributed by atoms with Crippen LogP contribution in [0, 0.1) is 0 Å². The molecule has 0 radical (unpaired) electrons. The third-order valence-electron chi connectivity index (χ3n) is 3.48. The second kappa shape index (κ2) is 6.42. The summed E-state index contributed by atoms with van der Waals surface area (Å²) in [5.74, 6) is 0.917. The number of carbonyl (C=O) groups is 2. The number of ether oxygens (including phenoxy) is 3. The molecule has 0 saturated carbocycles. The molecule has 0 fully saturated rings. The zero-order valence-electron chi connectivity index (χ0n) is 12.8. The third kappa shape index (κ3) is 3.05. The lowest BCUT2D eigenvalue weighted by Gasteiger charge is -2.22. The standard InChI is InChI=1S/C19H14O5/c1-3-18(20)22-13-9-8-12-10-14-15(23-17(12)11-13)6-5-7-16(14)24-19(21)4-2/h3-9,11H,1-2,10H2. The largest absolute Gasteiger partial charge is 0.456 e. The molecular formula is C19H14O5. The van der Waals surface area contributed by atoms with Gasteiger partial charge in [0.25, 0.3) is 0 Å². The van der Waals surface area contributed by atoms with Gasteiger partial charge in [0.2, 0.25) is 0 Å².